The van der Waals surface area contributed by atoms with Crippen LogP contribution in [0.15, 0.2) is 12.5 Å². The SMILES string of the molecule is CC(C(=O)N1CCOCC1)n1cncc1CN. The maximum absolute atomic E-state index is 12.2. The maximum Gasteiger partial charge on any atom is 0.245 e. The molecule has 0 aliphatic carbocycles. The first kappa shape index (κ1) is 12.1. The Hall–Kier alpha value is -1.40. The van der Waals surface area contributed by atoms with Crippen LogP contribution in [0.2, 0.25) is 0 Å². The van der Waals surface area contributed by atoms with E-state index in [1.165, 1.54) is 0 Å². The number of hydrogen-bond acceptors (Lipinski definition) is 4. The molecule has 1 aliphatic rings. The van der Waals surface area contributed by atoms with Gasteiger partial charge in [0.2, 0.25) is 5.91 Å². The molecule has 2 heterocycles. The number of amides is 1. The van der Waals surface area contributed by atoms with E-state index in [1.54, 1.807) is 12.5 Å². The summed E-state index contributed by atoms with van der Waals surface area (Å²) in [5, 5.41) is 0. The molecule has 1 aromatic rings. The van der Waals surface area contributed by atoms with Gasteiger partial charge in [-0.2, -0.15) is 0 Å². The number of carbonyl (C=O) groups excluding carboxylic acids is 1. The first-order valence-corrected chi connectivity index (χ1v) is 5.81. The molecule has 1 aromatic heterocycles. The summed E-state index contributed by atoms with van der Waals surface area (Å²) in [7, 11) is 0. The van der Waals surface area contributed by atoms with E-state index in [4.69, 9.17) is 10.5 Å². The molecular weight excluding hydrogens is 220 g/mol. The van der Waals surface area contributed by atoms with Gasteiger partial charge in [0.1, 0.15) is 6.04 Å². The Morgan fingerprint density at radius 2 is 2.29 bits per heavy atom. The lowest BCUT2D eigenvalue weighted by atomic mass is 10.2. The second-order valence-electron chi connectivity index (χ2n) is 4.11. The van der Waals surface area contributed by atoms with Crippen molar-refractivity contribution in [2.45, 2.75) is 19.5 Å². The van der Waals surface area contributed by atoms with Crippen LogP contribution in [0.3, 0.4) is 0 Å². The van der Waals surface area contributed by atoms with Gasteiger partial charge in [-0.3, -0.25) is 4.79 Å². The smallest absolute Gasteiger partial charge is 0.245 e. The fourth-order valence-corrected chi connectivity index (χ4v) is 2.01. The van der Waals surface area contributed by atoms with Crippen LogP contribution in [0.4, 0.5) is 0 Å². The van der Waals surface area contributed by atoms with Crippen molar-refractivity contribution in [3.05, 3.63) is 18.2 Å². The number of morpholine rings is 1. The monoisotopic (exact) mass is 238 g/mol. The predicted molar refractivity (Wildman–Crippen MR) is 62.2 cm³/mol. The summed E-state index contributed by atoms with van der Waals surface area (Å²) in [4.78, 5) is 18.1. The number of nitrogens with zero attached hydrogens (tertiary/aromatic N) is 3. The predicted octanol–water partition coefficient (Wildman–Crippen LogP) is -0.238. The van der Waals surface area contributed by atoms with Gasteiger partial charge in [-0.1, -0.05) is 0 Å². The maximum atomic E-state index is 12.2. The van der Waals surface area contributed by atoms with Gasteiger partial charge in [0, 0.05) is 25.8 Å². The number of imidazole rings is 1. The van der Waals surface area contributed by atoms with Crippen LogP contribution in [-0.4, -0.2) is 46.7 Å². The fraction of sp³-hybridized carbons (Fsp3) is 0.636. The zero-order valence-corrected chi connectivity index (χ0v) is 10.0. The third-order valence-electron chi connectivity index (χ3n) is 3.05. The van der Waals surface area contributed by atoms with Crippen LogP contribution in [0, 0.1) is 0 Å². The second-order valence-corrected chi connectivity index (χ2v) is 4.11. The van der Waals surface area contributed by atoms with E-state index < -0.39 is 0 Å². The molecule has 6 heteroatoms. The minimum atomic E-state index is -0.255. The minimum Gasteiger partial charge on any atom is -0.378 e. The summed E-state index contributed by atoms with van der Waals surface area (Å²) in [6.45, 7) is 4.82. The van der Waals surface area contributed by atoms with Gasteiger partial charge in [0.05, 0.1) is 25.2 Å². The van der Waals surface area contributed by atoms with Crippen molar-refractivity contribution in [3.63, 3.8) is 0 Å². The van der Waals surface area contributed by atoms with Crippen molar-refractivity contribution >= 4 is 5.91 Å². The standard InChI is InChI=1S/C11H18N4O2/c1-9(15-8-13-7-10(15)6-12)11(16)14-2-4-17-5-3-14/h7-9H,2-6,12H2,1H3. The number of carbonyl (C=O) groups is 1. The quantitative estimate of drug-likeness (QED) is 0.789. The lowest BCUT2D eigenvalue weighted by molar-refractivity contribution is -0.138. The molecule has 1 atom stereocenters. The van der Waals surface area contributed by atoms with Crippen LogP contribution in [0.5, 0.6) is 0 Å². The highest BCUT2D eigenvalue weighted by Crippen LogP contribution is 2.14. The Morgan fingerprint density at radius 1 is 1.59 bits per heavy atom. The van der Waals surface area contributed by atoms with Crippen LogP contribution in [0.1, 0.15) is 18.7 Å². The van der Waals surface area contributed by atoms with Crippen molar-refractivity contribution in [1.82, 2.24) is 14.5 Å². The number of rotatable bonds is 3. The number of hydrogen-bond donors (Lipinski definition) is 1. The molecule has 0 aromatic carbocycles. The van der Waals surface area contributed by atoms with Gasteiger partial charge in [0.15, 0.2) is 0 Å². The molecule has 1 aliphatic heterocycles. The van der Waals surface area contributed by atoms with Gasteiger partial charge in [-0.05, 0) is 6.92 Å². The van der Waals surface area contributed by atoms with E-state index in [0.29, 0.717) is 32.8 Å². The normalized spacial score (nSPS) is 18.1. The van der Waals surface area contributed by atoms with Crippen molar-refractivity contribution in [2.75, 3.05) is 26.3 Å². The number of ether oxygens (including phenoxy) is 1. The highest BCUT2D eigenvalue weighted by Gasteiger charge is 2.24. The van der Waals surface area contributed by atoms with Crippen LogP contribution in [-0.2, 0) is 16.1 Å². The van der Waals surface area contributed by atoms with Crippen LogP contribution < -0.4 is 5.73 Å². The minimum absolute atomic E-state index is 0.0981. The molecule has 0 spiro atoms. The molecule has 0 bridgehead atoms. The Kier molecular flexibility index (Phi) is 3.75. The third kappa shape index (κ3) is 2.48. The molecule has 17 heavy (non-hydrogen) atoms. The van der Waals surface area contributed by atoms with Gasteiger partial charge in [-0.25, -0.2) is 4.98 Å². The van der Waals surface area contributed by atoms with Gasteiger partial charge in [0.25, 0.3) is 0 Å². The van der Waals surface area contributed by atoms with E-state index >= 15 is 0 Å². The lowest BCUT2D eigenvalue weighted by Crippen LogP contribution is -2.43. The van der Waals surface area contributed by atoms with E-state index in [2.05, 4.69) is 4.98 Å². The van der Waals surface area contributed by atoms with E-state index in [1.807, 2.05) is 16.4 Å². The fourth-order valence-electron chi connectivity index (χ4n) is 2.01. The van der Waals surface area contributed by atoms with Gasteiger partial charge >= 0.3 is 0 Å². The molecular formula is C11H18N4O2. The largest absolute Gasteiger partial charge is 0.378 e. The summed E-state index contributed by atoms with van der Waals surface area (Å²) in [6, 6.07) is -0.255. The van der Waals surface area contributed by atoms with Gasteiger partial charge < -0.3 is 19.9 Å². The average molecular weight is 238 g/mol. The first-order valence-electron chi connectivity index (χ1n) is 5.81. The Morgan fingerprint density at radius 3 is 2.94 bits per heavy atom. The topological polar surface area (TPSA) is 73.4 Å². The molecule has 1 fully saturated rings. The van der Waals surface area contributed by atoms with Crippen molar-refractivity contribution in [1.29, 1.82) is 0 Å². The molecule has 0 radical (unpaired) electrons. The highest BCUT2D eigenvalue weighted by molar-refractivity contribution is 5.80. The Bertz CT molecular complexity index is 385. The molecule has 94 valence electrons. The van der Waals surface area contributed by atoms with Crippen molar-refractivity contribution < 1.29 is 9.53 Å². The summed E-state index contributed by atoms with van der Waals surface area (Å²) in [5.41, 5.74) is 6.48. The van der Waals surface area contributed by atoms with Crippen molar-refractivity contribution in [2.24, 2.45) is 5.73 Å². The second kappa shape index (κ2) is 5.29. The first-order chi connectivity index (χ1) is 8.24. The lowest BCUT2D eigenvalue weighted by Gasteiger charge is -2.30. The van der Waals surface area contributed by atoms with E-state index in [9.17, 15) is 4.79 Å². The molecule has 6 nitrogen and oxygen atoms in total. The molecule has 1 saturated heterocycles. The molecule has 2 rings (SSSR count). The summed E-state index contributed by atoms with van der Waals surface area (Å²) >= 11 is 0. The highest BCUT2D eigenvalue weighted by atomic mass is 16.5. The zero-order chi connectivity index (χ0) is 12.3. The van der Waals surface area contributed by atoms with E-state index in [-0.39, 0.29) is 11.9 Å². The van der Waals surface area contributed by atoms with E-state index in [0.717, 1.165) is 5.69 Å². The number of nitrogens with two attached hydrogens (primary N) is 1. The molecule has 1 unspecified atom stereocenters. The van der Waals surface area contributed by atoms with Crippen LogP contribution in [0.25, 0.3) is 0 Å². The molecule has 0 saturated carbocycles. The Labute approximate surface area is 100 Å². The van der Waals surface area contributed by atoms with Gasteiger partial charge in [-0.15, -0.1) is 0 Å². The zero-order valence-electron chi connectivity index (χ0n) is 10.0. The third-order valence-corrected chi connectivity index (χ3v) is 3.05. The Balaban J connectivity index is 2.08. The summed E-state index contributed by atoms with van der Waals surface area (Å²) < 4.78 is 7.06. The number of aromatic nitrogens is 2. The van der Waals surface area contributed by atoms with Crippen LogP contribution >= 0.6 is 0 Å². The molecule has 1 amide bonds. The molecule has 2 N–H and O–H groups in total. The summed E-state index contributed by atoms with van der Waals surface area (Å²) in [6.07, 6.45) is 3.36. The summed E-state index contributed by atoms with van der Waals surface area (Å²) in [5.74, 6) is 0.0981. The average Bonchev–Trinajstić information content (AvgIpc) is 2.86. The van der Waals surface area contributed by atoms with Crippen molar-refractivity contribution in [3.8, 4) is 0 Å².